The van der Waals surface area contributed by atoms with E-state index in [1.807, 2.05) is 56.4 Å². The summed E-state index contributed by atoms with van der Waals surface area (Å²) in [7, 11) is 0. The third kappa shape index (κ3) is 7.88. The van der Waals surface area contributed by atoms with Gasteiger partial charge in [0.25, 0.3) is 11.7 Å². The summed E-state index contributed by atoms with van der Waals surface area (Å²) in [6, 6.07) is 9.17. The predicted molar refractivity (Wildman–Crippen MR) is 168 cm³/mol. The van der Waals surface area contributed by atoms with Gasteiger partial charge in [-0.1, -0.05) is 76.3 Å². The number of nitrogens with zero attached hydrogens (tertiary/aromatic N) is 1. The number of esters is 1. The van der Waals surface area contributed by atoms with Crippen molar-refractivity contribution in [1.82, 2.24) is 4.90 Å². The minimum atomic E-state index is -2.33. The van der Waals surface area contributed by atoms with Gasteiger partial charge in [-0.25, -0.2) is 4.79 Å². The SMILES string of the molecule is CC[C@H](Cc1ccccc1)[C@@H]1C=CCC=CC[C@@H](C)[C@H](O)[C@@H](C)[C@@H]2CC[C@@H](C)[C@@](O)(O2)C(=O)C(=O)N2CCCC[C@H]2C(=O)O1. The average molecular weight is 610 g/mol. The van der Waals surface area contributed by atoms with Crippen molar-refractivity contribution in [3.05, 3.63) is 60.2 Å². The first-order chi connectivity index (χ1) is 21.1. The molecule has 8 heteroatoms. The molecule has 0 saturated carbocycles. The molecule has 9 atom stereocenters. The fourth-order valence-electron chi connectivity index (χ4n) is 6.86. The number of ether oxygens (including phenoxy) is 2. The number of cyclic esters (lactones) is 1. The topological polar surface area (TPSA) is 113 Å². The standard InChI is InChI=1S/C36H51NO7/c1-5-28(23-27-16-10-8-11-17-27)31-19-12-7-6-9-15-24(2)32(38)26(4)30-21-20-25(3)36(42,44-30)33(39)34(40)37-22-14-13-18-29(37)35(41)43-31/h6,8-12,16-17,19,24-26,28-32,38,42H,5,7,13-15,18,20-23H2,1-4H3/t24-,25-,26+,28-,29+,30+,31+,32+,36-/m1/s1. The summed E-state index contributed by atoms with van der Waals surface area (Å²) >= 11 is 0. The van der Waals surface area contributed by atoms with Gasteiger partial charge in [0.05, 0.1) is 12.2 Å². The first-order valence-corrected chi connectivity index (χ1v) is 16.6. The molecule has 0 aromatic heterocycles. The van der Waals surface area contributed by atoms with Gasteiger partial charge in [0.1, 0.15) is 12.1 Å². The van der Waals surface area contributed by atoms with E-state index < -0.39 is 53.7 Å². The number of benzene rings is 1. The Bertz CT molecular complexity index is 1180. The van der Waals surface area contributed by atoms with Crippen LogP contribution in [0.2, 0.25) is 0 Å². The molecule has 0 aliphatic carbocycles. The number of piperidine rings is 1. The number of aliphatic hydroxyl groups excluding tert-OH is 1. The van der Waals surface area contributed by atoms with Gasteiger partial charge < -0.3 is 24.6 Å². The normalized spacial score (nSPS) is 35.2. The number of hydrogen-bond acceptors (Lipinski definition) is 7. The molecule has 2 N–H and O–H groups in total. The molecule has 44 heavy (non-hydrogen) atoms. The lowest BCUT2D eigenvalue weighted by Gasteiger charge is -2.44. The highest BCUT2D eigenvalue weighted by molar-refractivity contribution is 6.39. The molecule has 3 heterocycles. The van der Waals surface area contributed by atoms with Gasteiger partial charge in [0, 0.05) is 24.3 Å². The molecule has 8 nitrogen and oxygen atoms in total. The highest BCUT2D eigenvalue weighted by Gasteiger charge is 2.53. The minimum absolute atomic E-state index is 0.0100. The Morgan fingerprint density at radius 2 is 1.75 bits per heavy atom. The van der Waals surface area contributed by atoms with Crippen LogP contribution in [0, 0.1) is 23.7 Å². The van der Waals surface area contributed by atoms with Gasteiger partial charge in [-0.05, 0) is 75.3 Å². The highest BCUT2D eigenvalue weighted by Crippen LogP contribution is 2.38. The summed E-state index contributed by atoms with van der Waals surface area (Å²) in [4.78, 5) is 42.6. The van der Waals surface area contributed by atoms with Crippen molar-refractivity contribution in [2.75, 3.05) is 6.54 Å². The molecule has 0 spiro atoms. The first kappa shape index (κ1) is 34.1. The second kappa shape index (κ2) is 15.5. The van der Waals surface area contributed by atoms with Crippen LogP contribution >= 0.6 is 0 Å². The number of Topliss-reactive ketones (excluding diaryl/α,β-unsaturated/α-hetero) is 1. The van der Waals surface area contributed by atoms with Gasteiger partial charge in [-0.2, -0.15) is 0 Å². The lowest BCUT2D eigenvalue weighted by Crippen LogP contribution is -2.61. The molecule has 3 aliphatic heterocycles. The van der Waals surface area contributed by atoms with Crippen LogP contribution in [-0.2, 0) is 30.3 Å². The lowest BCUT2D eigenvalue weighted by molar-refractivity contribution is -0.274. The summed E-state index contributed by atoms with van der Waals surface area (Å²) in [6.07, 6.45) is 11.7. The Kier molecular flexibility index (Phi) is 12.0. The van der Waals surface area contributed by atoms with Crippen molar-refractivity contribution in [2.45, 2.75) is 116 Å². The number of rotatable bonds is 4. The molecule has 4 rings (SSSR count). The van der Waals surface area contributed by atoms with Crippen molar-refractivity contribution >= 4 is 17.7 Å². The maximum absolute atomic E-state index is 13.8. The second-order valence-electron chi connectivity index (χ2n) is 13.1. The molecule has 1 aromatic rings. The van der Waals surface area contributed by atoms with Crippen LogP contribution in [0.3, 0.4) is 0 Å². The van der Waals surface area contributed by atoms with E-state index in [-0.39, 0.29) is 24.3 Å². The Labute approximate surface area is 262 Å². The molecular weight excluding hydrogens is 558 g/mol. The number of hydrogen-bond donors (Lipinski definition) is 2. The molecule has 3 aliphatic rings. The summed E-state index contributed by atoms with van der Waals surface area (Å²) < 4.78 is 12.2. The van der Waals surface area contributed by atoms with E-state index >= 15 is 0 Å². The Hall–Kier alpha value is -2.81. The Balaban J connectivity index is 1.66. The van der Waals surface area contributed by atoms with E-state index in [1.165, 1.54) is 4.90 Å². The monoisotopic (exact) mass is 609 g/mol. The maximum Gasteiger partial charge on any atom is 0.329 e. The van der Waals surface area contributed by atoms with Gasteiger partial charge in [-0.3, -0.25) is 9.59 Å². The van der Waals surface area contributed by atoms with Crippen LogP contribution in [0.4, 0.5) is 0 Å². The van der Waals surface area contributed by atoms with Crippen LogP contribution in [0.5, 0.6) is 0 Å². The molecule has 1 amide bonds. The zero-order valence-corrected chi connectivity index (χ0v) is 26.8. The van der Waals surface area contributed by atoms with Crippen molar-refractivity contribution in [3.8, 4) is 0 Å². The highest BCUT2D eigenvalue weighted by atomic mass is 16.6. The third-order valence-corrected chi connectivity index (χ3v) is 10.0. The number of carbonyl (C=O) groups is 3. The van der Waals surface area contributed by atoms with Crippen LogP contribution in [0.1, 0.15) is 84.6 Å². The molecule has 2 saturated heterocycles. The van der Waals surface area contributed by atoms with Gasteiger partial charge in [-0.15, -0.1) is 0 Å². The Morgan fingerprint density at radius 1 is 1.00 bits per heavy atom. The predicted octanol–water partition coefficient (Wildman–Crippen LogP) is 5.16. The Morgan fingerprint density at radius 3 is 2.48 bits per heavy atom. The minimum Gasteiger partial charge on any atom is -0.456 e. The third-order valence-electron chi connectivity index (χ3n) is 10.0. The fourth-order valence-corrected chi connectivity index (χ4v) is 6.86. The zero-order chi connectivity index (χ0) is 31.9. The molecule has 0 unspecified atom stereocenters. The molecule has 242 valence electrons. The maximum atomic E-state index is 13.8. The van der Waals surface area contributed by atoms with Crippen LogP contribution < -0.4 is 0 Å². The number of amides is 1. The molecular formula is C36H51NO7. The number of aliphatic hydroxyl groups is 2. The van der Waals surface area contributed by atoms with E-state index in [4.69, 9.17) is 9.47 Å². The van der Waals surface area contributed by atoms with Crippen molar-refractivity contribution in [1.29, 1.82) is 0 Å². The second-order valence-corrected chi connectivity index (χ2v) is 13.1. The van der Waals surface area contributed by atoms with Crippen molar-refractivity contribution < 1.29 is 34.1 Å². The number of allylic oxidation sites excluding steroid dienone is 3. The van der Waals surface area contributed by atoms with Gasteiger partial charge in [0.15, 0.2) is 0 Å². The summed E-state index contributed by atoms with van der Waals surface area (Å²) in [5, 5.41) is 22.8. The van der Waals surface area contributed by atoms with Crippen molar-refractivity contribution in [3.63, 3.8) is 0 Å². The van der Waals surface area contributed by atoms with Crippen LogP contribution in [-0.4, -0.2) is 69.5 Å². The van der Waals surface area contributed by atoms with Crippen molar-refractivity contribution in [2.24, 2.45) is 23.7 Å². The van der Waals surface area contributed by atoms with E-state index in [9.17, 15) is 24.6 Å². The summed E-state index contributed by atoms with van der Waals surface area (Å²) in [5.74, 6) is -5.91. The van der Waals surface area contributed by atoms with Crippen LogP contribution in [0.15, 0.2) is 54.6 Å². The number of ketones is 1. The number of fused-ring (bicyclic) bond motifs is 3. The molecule has 0 radical (unpaired) electrons. The number of carbonyl (C=O) groups excluding carboxylic acids is 3. The van der Waals surface area contributed by atoms with Crippen LogP contribution in [0.25, 0.3) is 0 Å². The summed E-state index contributed by atoms with van der Waals surface area (Å²) in [5.41, 5.74) is 1.15. The lowest BCUT2D eigenvalue weighted by atomic mass is 9.80. The zero-order valence-electron chi connectivity index (χ0n) is 26.8. The fraction of sp³-hybridized carbons (Fsp3) is 0.639. The quantitative estimate of drug-likeness (QED) is 0.275. The van der Waals surface area contributed by atoms with E-state index in [0.717, 1.165) is 24.8 Å². The van der Waals surface area contributed by atoms with E-state index in [2.05, 4.69) is 19.1 Å². The van der Waals surface area contributed by atoms with E-state index in [1.54, 1.807) is 6.92 Å². The van der Waals surface area contributed by atoms with Gasteiger partial charge >= 0.3 is 5.97 Å². The van der Waals surface area contributed by atoms with Gasteiger partial charge in [0.2, 0.25) is 5.79 Å². The largest absolute Gasteiger partial charge is 0.456 e. The molecule has 2 fully saturated rings. The average Bonchev–Trinajstić information content (AvgIpc) is 3.04. The summed E-state index contributed by atoms with van der Waals surface area (Å²) in [6.45, 7) is 7.82. The van der Waals surface area contributed by atoms with E-state index in [0.29, 0.717) is 38.5 Å². The molecule has 1 aromatic carbocycles. The first-order valence-electron chi connectivity index (χ1n) is 16.6. The smallest absolute Gasteiger partial charge is 0.329 e. The molecule has 2 bridgehead atoms.